The van der Waals surface area contributed by atoms with E-state index in [-0.39, 0.29) is 47.5 Å². The molecule has 0 radical (unpaired) electrons. The zero-order valence-electron chi connectivity index (χ0n) is 24.8. The van der Waals surface area contributed by atoms with Crippen LogP contribution in [-0.2, 0) is 4.79 Å². The van der Waals surface area contributed by atoms with Crippen molar-refractivity contribution >= 4 is 24.2 Å². The van der Waals surface area contributed by atoms with Crippen molar-refractivity contribution in [1.29, 1.82) is 0 Å². The van der Waals surface area contributed by atoms with Gasteiger partial charge in [0, 0.05) is 41.4 Å². The van der Waals surface area contributed by atoms with Crippen LogP contribution in [0.1, 0.15) is 71.2 Å². The summed E-state index contributed by atoms with van der Waals surface area (Å²) < 4.78 is 17.1. The highest BCUT2D eigenvalue weighted by Crippen LogP contribution is 2.19. The van der Waals surface area contributed by atoms with Gasteiger partial charge in [-0.2, -0.15) is 12.6 Å². The lowest BCUT2D eigenvalue weighted by Gasteiger charge is -2.20. The third kappa shape index (κ3) is 13.2. The van der Waals surface area contributed by atoms with Crippen molar-refractivity contribution < 1.29 is 23.8 Å². The van der Waals surface area contributed by atoms with Crippen molar-refractivity contribution in [3.05, 3.63) is 48.2 Å². The lowest BCUT2D eigenvalue weighted by Crippen LogP contribution is -2.35. The minimum Gasteiger partial charge on any atom is -0.494 e. The third-order valence-electron chi connectivity index (χ3n) is 6.46. The van der Waals surface area contributed by atoms with Gasteiger partial charge in [-0.15, -0.1) is 0 Å². The Morgan fingerprint density at radius 1 is 0.900 bits per heavy atom. The normalized spacial score (nSPS) is 14.3. The number of rotatable bonds is 20. The van der Waals surface area contributed by atoms with Gasteiger partial charge in [-0.1, -0.05) is 20.8 Å². The van der Waals surface area contributed by atoms with Gasteiger partial charge in [0.05, 0.1) is 12.8 Å². The number of carbonyl (C=O) groups excluding carboxylic acids is 2. The lowest BCUT2D eigenvalue weighted by molar-refractivity contribution is -0.123. The molecule has 0 amide bonds. The molecule has 1 aromatic carbocycles. The molecule has 2 aromatic rings. The Hall–Kier alpha value is -2.62. The number of ketones is 2. The van der Waals surface area contributed by atoms with E-state index in [1.165, 1.54) is 0 Å². The van der Waals surface area contributed by atoms with E-state index in [4.69, 9.17) is 14.2 Å². The Balaban J connectivity index is 1.66. The maximum Gasteiger partial charge on any atom is 0.213 e. The highest BCUT2D eigenvalue weighted by molar-refractivity contribution is 7.80. The molecule has 0 fully saturated rings. The van der Waals surface area contributed by atoms with E-state index in [9.17, 15) is 9.59 Å². The Morgan fingerprint density at radius 3 is 2.23 bits per heavy atom. The van der Waals surface area contributed by atoms with Gasteiger partial charge < -0.3 is 24.8 Å². The van der Waals surface area contributed by atoms with Crippen LogP contribution in [0.3, 0.4) is 0 Å². The first-order valence-electron chi connectivity index (χ1n) is 14.2. The number of Topliss-reactive ketones (excluding diaryl/α,β-unsaturated/α-hetero) is 2. The number of hydrogen-bond donors (Lipinski definition) is 3. The first-order valence-corrected chi connectivity index (χ1v) is 14.8. The summed E-state index contributed by atoms with van der Waals surface area (Å²) in [5.41, 5.74) is 0.712. The average Bonchev–Trinajstić information content (AvgIpc) is 2.93. The van der Waals surface area contributed by atoms with Crippen LogP contribution in [0, 0.1) is 11.8 Å². The van der Waals surface area contributed by atoms with E-state index >= 15 is 0 Å². The van der Waals surface area contributed by atoms with Crippen LogP contribution in [0.25, 0.3) is 0 Å². The first-order chi connectivity index (χ1) is 19.0. The predicted molar refractivity (Wildman–Crippen MR) is 163 cm³/mol. The minimum absolute atomic E-state index is 0.0401. The van der Waals surface area contributed by atoms with Gasteiger partial charge in [-0.3, -0.25) is 9.59 Å². The molecule has 1 heterocycles. The largest absolute Gasteiger partial charge is 0.494 e. The topological polar surface area (TPSA) is 98.8 Å². The van der Waals surface area contributed by atoms with Crippen LogP contribution >= 0.6 is 12.6 Å². The number of aromatic nitrogens is 1. The SMILES string of the molecule is CC(S)NCCCOc1ccc(C(=O)C(C)CCC(C)NC[C@@H](C)Oc2ccc(OCC(=O)C(C)C)cn2)cc1. The fraction of sp³-hybridized carbons (Fsp3) is 0.581. The van der Waals surface area contributed by atoms with Gasteiger partial charge in [-0.05, 0) is 76.9 Å². The molecule has 40 heavy (non-hydrogen) atoms. The van der Waals surface area contributed by atoms with Gasteiger partial charge in [0.15, 0.2) is 11.6 Å². The van der Waals surface area contributed by atoms with Crippen molar-refractivity contribution in [1.82, 2.24) is 15.6 Å². The van der Waals surface area contributed by atoms with Gasteiger partial charge in [-0.25, -0.2) is 4.98 Å². The summed E-state index contributed by atoms with van der Waals surface area (Å²) in [6.07, 6.45) is 4.03. The quantitative estimate of drug-likeness (QED) is 0.0843. The number of ether oxygens (including phenoxy) is 3. The Morgan fingerprint density at radius 2 is 1.60 bits per heavy atom. The van der Waals surface area contributed by atoms with Gasteiger partial charge in [0.25, 0.3) is 0 Å². The fourth-order valence-electron chi connectivity index (χ4n) is 3.76. The van der Waals surface area contributed by atoms with Crippen molar-refractivity contribution in [3.63, 3.8) is 0 Å². The molecule has 0 aliphatic heterocycles. The summed E-state index contributed by atoms with van der Waals surface area (Å²) in [6.45, 7) is 13.9. The number of thiol groups is 1. The Kier molecular flexibility index (Phi) is 15.1. The molecule has 8 nitrogen and oxygen atoms in total. The highest BCUT2D eigenvalue weighted by Gasteiger charge is 2.17. The summed E-state index contributed by atoms with van der Waals surface area (Å²) in [7, 11) is 0. The molecule has 0 aliphatic carbocycles. The van der Waals surface area contributed by atoms with Crippen molar-refractivity contribution in [2.24, 2.45) is 11.8 Å². The smallest absolute Gasteiger partial charge is 0.213 e. The van der Waals surface area contributed by atoms with Gasteiger partial charge >= 0.3 is 0 Å². The van der Waals surface area contributed by atoms with E-state index in [0.717, 1.165) is 31.6 Å². The number of nitrogens with zero attached hydrogens (tertiary/aromatic N) is 1. The molecular formula is C31H47N3O5S. The molecule has 0 spiro atoms. The minimum atomic E-state index is -0.0909. The van der Waals surface area contributed by atoms with Crippen LogP contribution in [0.5, 0.6) is 17.4 Å². The molecule has 1 aromatic heterocycles. The van der Waals surface area contributed by atoms with E-state index in [1.807, 2.05) is 58.9 Å². The summed E-state index contributed by atoms with van der Waals surface area (Å²) in [5, 5.41) is 6.89. The number of pyridine rings is 1. The number of hydrogen-bond acceptors (Lipinski definition) is 9. The number of carbonyl (C=O) groups is 2. The van der Waals surface area contributed by atoms with Crippen LogP contribution < -0.4 is 24.8 Å². The van der Waals surface area contributed by atoms with Crippen molar-refractivity contribution in [2.45, 2.75) is 78.3 Å². The molecule has 0 saturated heterocycles. The Labute approximate surface area is 245 Å². The summed E-state index contributed by atoms with van der Waals surface area (Å²) in [5.74, 6) is 1.88. The monoisotopic (exact) mass is 573 g/mol. The summed E-state index contributed by atoms with van der Waals surface area (Å²) >= 11 is 4.29. The van der Waals surface area contributed by atoms with Crippen LogP contribution in [0.2, 0.25) is 0 Å². The standard InChI is InChI=1S/C31H47N3O5S/c1-21(2)29(35)20-38-28-14-15-30(34-19-28)39-24(5)18-33-23(4)9-8-22(3)31(36)26-10-12-27(13-11-26)37-17-7-16-32-25(6)40/h10-15,19,21-25,32-33,40H,7-9,16-18,20H2,1-6H3/t22?,23?,24-,25?/m1/s1. The van der Waals surface area contributed by atoms with Crippen molar-refractivity contribution in [2.75, 3.05) is 26.3 Å². The summed E-state index contributed by atoms with van der Waals surface area (Å²) in [6, 6.07) is 11.2. The molecule has 2 N–H and O–H groups in total. The zero-order valence-corrected chi connectivity index (χ0v) is 25.7. The van der Waals surface area contributed by atoms with E-state index in [2.05, 4.69) is 35.2 Å². The second-order valence-electron chi connectivity index (χ2n) is 10.7. The third-order valence-corrected chi connectivity index (χ3v) is 6.64. The molecule has 0 aliphatic rings. The maximum absolute atomic E-state index is 12.9. The molecule has 0 bridgehead atoms. The molecule has 3 unspecified atom stereocenters. The first kappa shape index (κ1) is 33.6. The van der Waals surface area contributed by atoms with E-state index in [1.54, 1.807) is 18.3 Å². The zero-order chi connectivity index (χ0) is 29.5. The lowest BCUT2D eigenvalue weighted by atomic mass is 9.93. The van der Waals surface area contributed by atoms with Crippen LogP contribution in [0.4, 0.5) is 0 Å². The molecular weight excluding hydrogens is 526 g/mol. The number of benzene rings is 1. The van der Waals surface area contributed by atoms with Crippen molar-refractivity contribution in [3.8, 4) is 17.4 Å². The highest BCUT2D eigenvalue weighted by atomic mass is 32.1. The molecule has 9 heteroatoms. The van der Waals surface area contributed by atoms with Crippen LogP contribution in [-0.4, -0.2) is 60.4 Å². The predicted octanol–water partition coefficient (Wildman–Crippen LogP) is 5.36. The van der Waals surface area contributed by atoms with E-state index < -0.39 is 0 Å². The maximum atomic E-state index is 12.9. The summed E-state index contributed by atoms with van der Waals surface area (Å²) in [4.78, 5) is 28.9. The molecule has 222 valence electrons. The molecule has 2 rings (SSSR count). The van der Waals surface area contributed by atoms with E-state index in [0.29, 0.717) is 30.3 Å². The van der Waals surface area contributed by atoms with Crippen LogP contribution in [0.15, 0.2) is 42.6 Å². The van der Waals surface area contributed by atoms with Gasteiger partial charge in [0.2, 0.25) is 5.88 Å². The second kappa shape index (κ2) is 17.9. The fourth-order valence-corrected chi connectivity index (χ4v) is 3.89. The number of nitrogens with one attached hydrogen (secondary N) is 2. The molecule has 4 atom stereocenters. The average molecular weight is 574 g/mol. The second-order valence-corrected chi connectivity index (χ2v) is 11.5. The molecule has 0 saturated carbocycles. The Bertz CT molecular complexity index is 1010. The van der Waals surface area contributed by atoms with Gasteiger partial charge in [0.1, 0.15) is 24.2 Å².